The van der Waals surface area contributed by atoms with E-state index in [0.717, 1.165) is 10.0 Å². The Kier molecular flexibility index (Phi) is 5.38. The Morgan fingerprint density at radius 1 is 1.08 bits per heavy atom. The molecule has 0 saturated heterocycles. The van der Waals surface area contributed by atoms with Gasteiger partial charge in [0.25, 0.3) is 11.7 Å². The van der Waals surface area contributed by atoms with Crippen molar-refractivity contribution in [3.05, 3.63) is 68.1 Å². The molecule has 0 fully saturated rings. The van der Waals surface area contributed by atoms with Crippen LogP contribution < -0.4 is 4.90 Å². The molecule has 7 heteroatoms. The molecule has 1 amide bonds. The fourth-order valence-corrected chi connectivity index (χ4v) is 3.29. The third kappa shape index (κ3) is 3.64. The lowest BCUT2D eigenvalue weighted by molar-refractivity contribution is -0.136. The molecule has 2 aromatic rings. The first kappa shape index (κ1) is 18.5. The molecule has 0 aliphatic carbocycles. The number of carbonyl (C=O) groups is 3. The van der Waals surface area contributed by atoms with E-state index in [1.165, 1.54) is 12.0 Å². The second-order valence-corrected chi connectivity index (χ2v) is 7.43. The number of benzene rings is 2. The molecule has 0 unspecified atom stereocenters. The molecule has 0 N–H and O–H groups in total. The molecule has 26 heavy (non-hydrogen) atoms. The van der Waals surface area contributed by atoms with Gasteiger partial charge in [-0.2, -0.15) is 0 Å². The molecule has 0 saturated carbocycles. The molecule has 1 heterocycles. The first-order valence-corrected chi connectivity index (χ1v) is 9.19. The summed E-state index contributed by atoms with van der Waals surface area (Å²) >= 11 is 6.65. The minimum atomic E-state index is -0.663. The van der Waals surface area contributed by atoms with Gasteiger partial charge in [-0.05, 0) is 42.0 Å². The highest BCUT2D eigenvalue weighted by molar-refractivity contribution is 9.10. The fourth-order valence-electron chi connectivity index (χ4n) is 2.66. The van der Waals surface area contributed by atoms with Crippen LogP contribution in [0.1, 0.15) is 15.9 Å². The number of methoxy groups -OCH3 is 1. The number of fused-ring (bicyclic) bond motifs is 1. The fraction of sp³-hybridized carbons (Fsp3) is 0.105. The third-order valence-electron chi connectivity index (χ3n) is 3.92. The number of Topliss-reactive ketones (excluding diaryl/α,β-unsaturated/α-hetero) is 1. The van der Waals surface area contributed by atoms with E-state index in [-0.39, 0.29) is 12.1 Å². The van der Waals surface area contributed by atoms with E-state index in [1.807, 2.05) is 24.3 Å². The molecule has 0 bridgehead atoms. The molecule has 0 spiro atoms. The number of hydrogen-bond donors (Lipinski definition) is 0. The maximum absolute atomic E-state index is 12.4. The van der Waals surface area contributed by atoms with Crippen LogP contribution >= 0.6 is 31.9 Å². The van der Waals surface area contributed by atoms with Gasteiger partial charge in [-0.3, -0.25) is 9.59 Å². The highest BCUT2D eigenvalue weighted by Gasteiger charge is 2.36. The van der Waals surface area contributed by atoms with Crippen LogP contribution in [-0.4, -0.2) is 31.3 Å². The molecule has 3 rings (SSSR count). The Labute approximate surface area is 166 Å². The average Bonchev–Trinajstić information content (AvgIpc) is 2.86. The van der Waals surface area contributed by atoms with Crippen LogP contribution in [0.5, 0.6) is 0 Å². The minimum absolute atomic E-state index is 0.0536. The van der Waals surface area contributed by atoms with E-state index < -0.39 is 17.7 Å². The Bertz CT molecular complexity index is 935. The lowest BCUT2D eigenvalue weighted by Crippen LogP contribution is -2.33. The molecule has 1 aliphatic rings. The van der Waals surface area contributed by atoms with E-state index in [4.69, 9.17) is 4.74 Å². The Hall–Kier alpha value is -2.25. The molecule has 0 radical (unpaired) electrons. The molecule has 1 aliphatic heterocycles. The largest absolute Gasteiger partial charge is 0.466 e. The number of esters is 1. The monoisotopic (exact) mass is 477 g/mol. The van der Waals surface area contributed by atoms with Crippen LogP contribution in [-0.2, 0) is 14.3 Å². The number of carbonyl (C=O) groups excluding carboxylic acids is 3. The summed E-state index contributed by atoms with van der Waals surface area (Å²) in [5.74, 6) is -1.81. The second-order valence-electron chi connectivity index (χ2n) is 5.59. The van der Waals surface area contributed by atoms with Gasteiger partial charge < -0.3 is 9.64 Å². The summed E-state index contributed by atoms with van der Waals surface area (Å²) in [6, 6.07) is 12.4. The first-order valence-electron chi connectivity index (χ1n) is 7.61. The van der Waals surface area contributed by atoms with E-state index in [1.54, 1.807) is 24.3 Å². The van der Waals surface area contributed by atoms with Gasteiger partial charge >= 0.3 is 5.97 Å². The average molecular weight is 479 g/mol. The van der Waals surface area contributed by atoms with Gasteiger partial charge in [0.2, 0.25) is 0 Å². The van der Waals surface area contributed by atoms with E-state index in [9.17, 15) is 14.4 Å². The summed E-state index contributed by atoms with van der Waals surface area (Å²) in [5, 5.41) is 0. The van der Waals surface area contributed by atoms with Gasteiger partial charge in [0, 0.05) is 8.95 Å². The van der Waals surface area contributed by atoms with Crippen LogP contribution in [0.4, 0.5) is 5.69 Å². The van der Waals surface area contributed by atoms with Crippen LogP contribution in [0.2, 0.25) is 0 Å². The lowest BCUT2D eigenvalue weighted by Gasteiger charge is -2.18. The summed E-state index contributed by atoms with van der Waals surface area (Å²) in [6.45, 7) is -0.0536. The normalized spacial score (nSPS) is 13.8. The first-order chi connectivity index (χ1) is 12.4. The zero-order chi connectivity index (χ0) is 18.8. The number of ether oxygens (including phenoxy) is 1. The van der Waals surface area contributed by atoms with Gasteiger partial charge in [-0.15, -0.1) is 0 Å². The summed E-state index contributed by atoms with van der Waals surface area (Å²) in [4.78, 5) is 38.1. The third-order valence-corrected chi connectivity index (χ3v) is 4.94. The summed E-state index contributed by atoms with van der Waals surface area (Å²) in [6.07, 6.45) is 1.65. The van der Waals surface area contributed by atoms with Crippen molar-refractivity contribution in [2.75, 3.05) is 18.6 Å². The van der Waals surface area contributed by atoms with E-state index in [0.29, 0.717) is 15.7 Å². The van der Waals surface area contributed by atoms with Crippen molar-refractivity contribution in [2.24, 2.45) is 0 Å². The van der Waals surface area contributed by atoms with Gasteiger partial charge in [-0.25, -0.2) is 4.79 Å². The van der Waals surface area contributed by atoms with Crippen molar-refractivity contribution in [3.8, 4) is 0 Å². The molecular formula is C19H13Br2NO4. The Morgan fingerprint density at radius 3 is 2.38 bits per heavy atom. The Balaban J connectivity index is 1.98. The molecule has 2 aromatic carbocycles. The predicted molar refractivity (Wildman–Crippen MR) is 105 cm³/mol. The van der Waals surface area contributed by atoms with Gasteiger partial charge in [-0.1, -0.05) is 44.0 Å². The summed E-state index contributed by atoms with van der Waals surface area (Å²) in [7, 11) is 1.28. The van der Waals surface area contributed by atoms with Crippen molar-refractivity contribution in [3.63, 3.8) is 0 Å². The second kappa shape index (κ2) is 7.55. The smallest absolute Gasteiger partial charge is 0.335 e. The highest BCUT2D eigenvalue weighted by Crippen LogP contribution is 2.32. The van der Waals surface area contributed by atoms with Crippen LogP contribution in [0, 0.1) is 0 Å². The van der Waals surface area contributed by atoms with Crippen molar-refractivity contribution in [1.29, 1.82) is 0 Å². The standard InChI is InChI=1S/C19H13Br2NO4/c1-26-19(25)12(8-11-2-4-13(20)5-3-11)10-22-16-7-6-14(21)9-15(16)17(23)18(22)24/h2-9H,10H2,1H3/b12-8+. The van der Waals surface area contributed by atoms with E-state index in [2.05, 4.69) is 31.9 Å². The van der Waals surface area contributed by atoms with Crippen LogP contribution in [0.25, 0.3) is 6.08 Å². The highest BCUT2D eigenvalue weighted by atomic mass is 79.9. The summed E-state index contributed by atoms with van der Waals surface area (Å²) in [5.41, 5.74) is 1.85. The van der Waals surface area contributed by atoms with Gasteiger partial charge in [0.1, 0.15) is 0 Å². The topological polar surface area (TPSA) is 63.7 Å². The number of hydrogen-bond acceptors (Lipinski definition) is 4. The van der Waals surface area contributed by atoms with Crippen molar-refractivity contribution in [1.82, 2.24) is 0 Å². The number of rotatable bonds is 4. The molecule has 132 valence electrons. The zero-order valence-corrected chi connectivity index (χ0v) is 16.8. The van der Waals surface area contributed by atoms with E-state index >= 15 is 0 Å². The molecular weight excluding hydrogens is 466 g/mol. The minimum Gasteiger partial charge on any atom is -0.466 e. The van der Waals surface area contributed by atoms with Crippen molar-refractivity contribution in [2.45, 2.75) is 0 Å². The summed E-state index contributed by atoms with van der Waals surface area (Å²) < 4.78 is 6.46. The number of ketones is 1. The maximum Gasteiger partial charge on any atom is 0.335 e. The lowest BCUT2D eigenvalue weighted by atomic mass is 10.1. The number of halogens is 2. The molecule has 0 aromatic heterocycles. The van der Waals surface area contributed by atoms with Gasteiger partial charge in [0.15, 0.2) is 0 Å². The van der Waals surface area contributed by atoms with Gasteiger partial charge in [0.05, 0.1) is 30.5 Å². The predicted octanol–water partition coefficient (Wildman–Crippen LogP) is 4.00. The maximum atomic E-state index is 12.4. The molecule has 0 atom stereocenters. The number of nitrogens with zero attached hydrogens (tertiary/aromatic N) is 1. The quantitative estimate of drug-likeness (QED) is 0.378. The molecule has 5 nitrogen and oxygen atoms in total. The zero-order valence-electron chi connectivity index (χ0n) is 13.7. The van der Waals surface area contributed by atoms with Crippen LogP contribution in [0.3, 0.4) is 0 Å². The van der Waals surface area contributed by atoms with Crippen molar-refractivity contribution < 1.29 is 19.1 Å². The Morgan fingerprint density at radius 2 is 1.73 bits per heavy atom. The number of amides is 1. The number of anilines is 1. The van der Waals surface area contributed by atoms with Crippen LogP contribution in [0.15, 0.2) is 57.0 Å². The SMILES string of the molecule is COC(=O)/C(=C/c1ccc(Br)cc1)CN1C(=O)C(=O)c2cc(Br)ccc21. The van der Waals surface area contributed by atoms with Crippen molar-refractivity contribution >= 4 is 61.3 Å².